The Kier molecular flexibility index (Phi) is 6.58. The maximum Gasteiger partial charge on any atom is 0.254 e. The first-order valence-corrected chi connectivity index (χ1v) is 10.2. The highest BCUT2D eigenvalue weighted by atomic mass is 32.2. The average Bonchev–Trinajstić information content (AvgIpc) is 2.87. The quantitative estimate of drug-likeness (QED) is 0.797. The summed E-state index contributed by atoms with van der Waals surface area (Å²) in [5.74, 6) is 3.77. The number of carbonyl (C=O) groups excluding carboxylic acids is 1. The molecule has 0 radical (unpaired) electrons. The second-order valence-electron chi connectivity index (χ2n) is 6.78. The van der Waals surface area contributed by atoms with Crippen LogP contribution < -0.4 is 4.74 Å². The molecule has 1 saturated heterocycles. The number of nitrogens with zero attached hydrogens (tertiary/aromatic N) is 2. The average molecular weight is 371 g/mol. The molecule has 1 amide bonds. The van der Waals surface area contributed by atoms with Gasteiger partial charge in [0.1, 0.15) is 11.5 Å². The van der Waals surface area contributed by atoms with Gasteiger partial charge in [0.25, 0.3) is 5.91 Å². The molecule has 0 aliphatic carbocycles. The van der Waals surface area contributed by atoms with Gasteiger partial charge in [0.2, 0.25) is 0 Å². The number of amides is 1. The minimum atomic E-state index is 0.116. The van der Waals surface area contributed by atoms with E-state index in [1.54, 1.807) is 0 Å². The van der Waals surface area contributed by atoms with Crippen LogP contribution in [0.4, 0.5) is 0 Å². The first-order valence-electron chi connectivity index (χ1n) is 9.00. The third kappa shape index (κ3) is 5.02. The maximum absolute atomic E-state index is 13.1. The van der Waals surface area contributed by atoms with E-state index in [-0.39, 0.29) is 11.9 Å². The highest BCUT2D eigenvalue weighted by Crippen LogP contribution is 2.23. The number of ether oxygens (including phenoxy) is 1. The Morgan fingerprint density at radius 3 is 2.50 bits per heavy atom. The topological polar surface area (TPSA) is 32.8 Å². The van der Waals surface area contributed by atoms with E-state index in [1.165, 1.54) is 0 Å². The summed E-state index contributed by atoms with van der Waals surface area (Å²) >= 11 is 1.95. The van der Waals surface area contributed by atoms with E-state index in [0.29, 0.717) is 0 Å². The standard InChI is InChI=1S/C21H26N2O2S/c1-22(2)15-18-16-26-14-6-13-23(18)21(24)17-9-11-20(12-10-17)25-19-7-4-3-5-8-19/h3-5,7-12,18H,6,13-16H2,1-2H3. The molecule has 1 aliphatic heterocycles. The Morgan fingerprint density at radius 2 is 1.81 bits per heavy atom. The molecule has 1 atom stereocenters. The first-order chi connectivity index (χ1) is 12.6. The fourth-order valence-corrected chi connectivity index (χ4v) is 4.18. The van der Waals surface area contributed by atoms with E-state index in [2.05, 4.69) is 19.0 Å². The van der Waals surface area contributed by atoms with Crippen LogP contribution in [0.3, 0.4) is 0 Å². The molecule has 2 aromatic rings. The van der Waals surface area contributed by atoms with Crippen LogP contribution in [-0.4, -0.2) is 60.4 Å². The number of hydrogen-bond donors (Lipinski definition) is 0. The van der Waals surface area contributed by atoms with Crippen LogP contribution in [0.1, 0.15) is 16.8 Å². The van der Waals surface area contributed by atoms with E-state index >= 15 is 0 Å². The summed E-state index contributed by atoms with van der Waals surface area (Å²) in [7, 11) is 4.13. The molecule has 1 heterocycles. The van der Waals surface area contributed by atoms with Crippen LogP contribution in [0.15, 0.2) is 54.6 Å². The molecule has 1 fully saturated rings. The van der Waals surface area contributed by atoms with E-state index < -0.39 is 0 Å². The van der Waals surface area contributed by atoms with Gasteiger partial charge in [-0.15, -0.1) is 0 Å². The van der Waals surface area contributed by atoms with Gasteiger partial charge in [-0.05, 0) is 62.7 Å². The van der Waals surface area contributed by atoms with Crippen LogP contribution in [0.25, 0.3) is 0 Å². The van der Waals surface area contributed by atoms with Crippen LogP contribution in [0.5, 0.6) is 11.5 Å². The zero-order chi connectivity index (χ0) is 18.4. The number of carbonyl (C=O) groups is 1. The number of hydrogen-bond acceptors (Lipinski definition) is 4. The third-order valence-corrected chi connectivity index (χ3v) is 5.55. The van der Waals surface area contributed by atoms with Crippen LogP contribution >= 0.6 is 11.8 Å². The summed E-state index contributed by atoms with van der Waals surface area (Å²) in [6.45, 7) is 1.72. The van der Waals surface area contributed by atoms with Gasteiger partial charge in [-0.25, -0.2) is 0 Å². The Bertz CT molecular complexity index is 704. The Morgan fingerprint density at radius 1 is 1.12 bits per heavy atom. The van der Waals surface area contributed by atoms with Gasteiger partial charge in [-0.3, -0.25) is 4.79 Å². The van der Waals surface area contributed by atoms with Crippen LogP contribution in [-0.2, 0) is 0 Å². The number of rotatable bonds is 5. The minimum Gasteiger partial charge on any atom is -0.457 e. The van der Waals surface area contributed by atoms with Gasteiger partial charge >= 0.3 is 0 Å². The monoisotopic (exact) mass is 370 g/mol. The van der Waals surface area contributed by atoms with Crippen LogP contribution in [0.2, 0.25) is 0 Å². The Labute approximate surface area is 160 Å². The predicted octanol–water partition coefficient (Wildman–Crippen LogP) is 3.99. The summed E-state index contributed by atoms with van der Waals surface area (Å²) in [4.78, 5) is 17.3. The first kappa shape index (κ1) is 18.8. The van der Waals surface area contributed by atoms with E-state index in [9.17, 15) is 4.79 Å². The van der Waals surface area contributed by atoms with Crippen molar-refractivity contribution in [3.05, 3.63) is 60.2 Å². The van der Waals surface area contributed by atoms with Gasteiger partial charge in [0, 0.05) is 24.4 Å². The largest absolute Gasteiger partial charge is 0.457 e. The molecule has 0 saturated carbocycles. The minimum absolute atomic E-state index is 0.116. The maximum atomic E-state index is 13.1. The molecule has 1 aliphatic rings. The van der Waals surface area contributed by atoms with Gasteiger partial charge in [-0.2, -0.15) is 11.8 Å². The molecule has 1 unspecified atom stereocenters. The van der Waals surface area contributed by atoms with Gasteiger partial charge < -0.3 is 14.5 Å². The molecular formula is C21H26N2O2S. The molecule has 0 bridgehead atoms. The molecule has 0 N–H and O–H groups in total. The molecule has 2 aromatic carbocycles. The molecular weight excluding hydrogens is 344 g/mol. The van der Waals surface area contributed by atoms with Crippen molar-refractivity contribution in [2.24, 2.45) is 0 Å². The second-order valence-corrected chi connectivity index (χ2v) is 7.93. The fraction of sp³-hybridized carbons (Fsp3) is 0.381. The molecule has 138 valence electrons. The summed E-state index contributed by atoms with van der Waals surface area (Å²) in [6.07, 6.45) is 1.05. The SMILES string of the molecule is CN(C)CC1CSCCCN1C(=O)c1ccc(Oc2ccccc2)cc1. The van der Waals surface area contributed by atoms with Crippen molar-refractivity contribution >= 4 is 17.7 Å². The van der Waals surface area contributed by atoms with Gasteiger partial charge in [-0.1, -0.05) is 18.2 Å². The normalized spacial score (nSPS) is 17.8. The second kappa shape index (κ2) is 9.10. The molecule has 3 rings (SSSR count). The number of thioether (sulfide) groups is 1. The summed E-state index contributed by atoms with van der Waals surface area (Å²) in [6, 6.07) is 17.4. The third-order valence-electron chi connectivity index (χ3n) is 4.36. The van der Waals surface area contributed by atoms with Gasteiger partial charge in [0.15, 0.2) is 0 Å². The van der Waals surface area contributed by atoms with Crippen molar-refractivity contribution in [2.45, 2.75) is 12.5 Å². The van der Waals surface area contributed by atoms with Crippen molar-refractivity contribution in [1.82, 2.24) is 9.80 Å². The van der Waals surface area contributed by atoms with Crippen LogP contribution in [0, 0.1) is 0 Å². The predicted molar refractivity (Wildman–Crippen MR) is 108 cm³/mol. The van der Waals surface area contributed by atoms with E-state index in [0.717, 1.165) is 48.1 Å². The zero-order valence-electron chi connectivity index (χ0n) is 15.4. The van der Waals surface area contributed by atoms with Crippen molar-refractivity contribution in [1.29, 1.82) is 0 Å². The van der Waals surface area contributed by atoms with Crippen molar-refractivity contribution < 1.29 is 9.53 Å². The van der Waals surface area contributed by atoms with Crippen molar-refractivity contribution in [3.63, 3.8) is 0 Å². The Balaban J connectivity index is 1.71. The molecule has 0 spiro atoms. The highest BCUT2D eigenvalue weighted by Gasteiger charge is 2.27. The molecule has 4 nitrogen and oxygen atoms in total. The summed E-state index contributed by atoms with van der Waals surface area (Å²) < 4.78 is 5.82. The molecule has 0 aromatic heterocycles. The number of para-hydroxylation sites is 1. The van der Waals surface area contributed by atoms with Crippen molar-refractivity contribution in [2.75, 3.05) is 38.7 Å². The lowest BCUT2D eigenvalue weighted by Crippen LogP contribution is -2.46. The van der Waals surface area contributed by atoms with E-state index in [1.807, 2.05) is 71.3 Å². The number of benzene rings is 2. The molecule has 26 heavy (non-hydrogen) atoms. The fourth-order valence-electron chi connectivity index (χ4n) is 3.13. The smallest absolute Gasteiger partial charge is 0.254 e. The lowest BCUT2D eigenvalue weighted by molar-refractivity contribution is 0.0675. The van der Waals surface area contributed by atoms with Gasteiger partial charge in [0.05, 0.1) is 6.04 Å². The lowest BCUT2D eigenvalue weighted by Gasteiger charge is -2.31. The lowest BCUT2D eigenvalue weighted by atomic mass is 10.1. The van der Waals surface area contributed by atoms with Crippen molar-refractivity contribution in [3.8, 4) is 11.5 Å². The Hall–Kier alpha value is -1.98. The summed E-state index contributed by atoms with van der Waals surface area (Å²) in [5, 5.41) is 0. The number of likely N-dealkylation sites (N-methyl/N-ethyl adjacent to an activating group) is 1. The summed E-state index contributed by atoms with van der Waals surface area (Å²) in [5.41, 5.74) is 0.723. The highest BCUT2D eigenvalue weighted by molar-refractivity contribution is 7.99. The zero-order valence-corrected chi connectivity index (χ0v) is 16.2. The molecule has 5 heteroatoms. The van der Waals surface area contributed by atoms with E-state index in [4.69, 9.17) is 4.74 Å².